The fraction of sp³-hybridized carbons (Fsp3) is 0.167. The van der Waals surface area contributed by atoms with Crippen molar-refractivity contribution in [3.8, 4) is 17.1 Å². The van der Waals surface area contributed by atoms with E-state index >= 15 is 0 Å². The Labute approximate surface area is 224 Å². The first-order valence-electron chi connectivity index (χ1n) is 12.6. The predicted octanol–water partition coefficient (Wildman–Crippen LogP) is 5.31. The fourth-order valence-electron chi connectivity index (χ4n) is 4.72. The van der Waals surface area contributed by atoms with Gasteiger partial charge in [-0.1, -0.05) is 35.5 Å². The Kier molecular flexibility index (Phi) is 6.46. The highest BCUT2D eigenvalue weighted by Crippen LogP contribution is 2.33. The van der Waals surface area contributed by atoms with Crippen molar-refractivity contribution in [3.05, 3.63) is 96.4 Å². The van der Waals surface area contributed by atoms with Crippen LogP contribution in [0.4, 0.5) is 11.4 Å². The summed E-state index contributed by atoms with van der Waals surface area (Å²) in [5, 5.41) is 7.44. The summed E-state index contributed by atoms with van der Waals surface area (Å²) < 4.78 is 16.6. The second kappa shape index (κ2) is 10.4. The minimum atomic E-state index is -0.506. The van der Waals surface area contributed by atoms with E-state index in [-0.39, 0.29) is 17.4 Å². The summed E-state index contributed by atoms with van der Waals surface area (Å²) in [6.07, 6.45) is 0. The molecule has 1 saturated heterocycles. The van der Waals surface area contributed by atoms with Crippen LogP contribution in [0, 0.1) is 0 Å². The van der Waals surface area contributed by atoms with Crippen LogP contribution in [-0.2, 0) is 0 Å². The molecule has 9 nitrogen and oxygen atoms in total. The van der Waals surface area contributed by atoms with Gasteiger partial charge >= 0.3 is 0 Å². The van der Waals surface area contributed by atoms with E-state index in [4.69, 9.17) is 13.7 Å². The van der Waals surface area contributed by atoms with Crippen molar-refractivity contribution in [1.82, 2.24) is 10.1 Å². The Morgan fingerprint density at radius 3 is 2.36 bits per heavy atom. The number of carbonyl (C=O) groups excluding carboxylic acids is 2. The molecule has 3 aromatic carbocycles. The number of nitrogens with one attached hydrogen (secondary N) is 1. The van der Waals surface area contributed by atoms with E-state index in [1.807, 2.05) is 48.5 Å². The topological polar surface area (TPSA) is 101 Å². The highest BCUT2D eigenvalue weighted by atomic mass is 16.5. The molecule has 3 heterocycles. The number of piperazine rings is 1. The van der Waals surface area contributed by atoms with E-state index in [1.54, 1.807) is 36.3 Å². The first-order chi connectivity index (χ1) is 19.1. The van der Waals surface area contributed by atoms with Gasteiger partial charge in [-0.25, -0.2) is 0 Å². The summed E-state index contributed by atoms with van der Waals surface area (Å²) in [6.45, 7) is 2.47. The maximum Gasteiger partial charge on any atom is 0.291 e. The van der Waals surface area contributed by atoms with Gasteiger partial charge in [0.1, 0.15) is 17.0 Å². The highest BCUT2D eigenvalue weighted by Gasteiger charge is 2.29. The monoisotopic (exact) mass is 522 g/mol. The third-order valence-electron chi connectivity index (χ3n) is 6.83. The lowest BCUT2D eigenvalue weighted by Crippen LogP contribution is -2.48. The third-order valence-corrected chi connectivity index (χ3v) is 6.83. The van der Waals surface area contributed by atoms with Crippen LogP contribution in [0.1, 0.15) is 21.0 Å². The van der Waals surface area contributed by atoms with Crippen molar-refractivity contribution >= 4 is 34.2 Å². The number of para-hydroxylation sites is 2. The molecule has 0 saturated carbocycles. The fourth-order valence-corrected chi connectivity index (χ4v) is 4.72. The Morgan fingerprint density at radius 1 is 0.897 bits per heavy atom. The number of hydrogen-bond donors (Lipinski definition) is 1. The van der Waals surface area contributed by atoms with Gasteiger partial charge in [0.05, 0.1) is 7.11 Å². The second-order valence-electron chi connectivity index (χ2n) is 9.18. The highest BCUT2D eigenvalue weighted by molar-refractivity contribution is 6.14. The van der Waals surface area contributed by atoms with Gasteiger partial charge in [0.2, 0.25) is 5.76 Å². The Morgan fingerprint density at radius 2 is 1.62 bits per heavy atom. The maximum atomic E-state index is 13.6. The third kappa shape index (κ3) is 4.82. The molecular weight excluding hydrogens is 496 g/mol. The Hall–Kier alpha value is -5.05. The van der Waals surface area contributed by atoms with Gasteiger partial charge in [-0.3, -0.25) is 9.59 Å². The molecule has 0 bridgehead atoms. The average Bonchev–Trinajstić information content (AvgIpc) is 3.63. The quantitative estimate of drug-likeness (QED) is 0.322. The number of anilines is 2. The van der Waals surface area contributed by atoms with Crippen LogP contribution in [0.15, 0.2) is 93.9 Å². The Balaban J connectivity index is 1.22. The number of hydrogen-bond acceptors (Lipinski definition) is 7. The number of amides is 2. The van der Waals surface area contributed by atoms with E-state index < -0.39 is 5.91 Å². The number of ether oxygens (including phenoxy) is 1. The largest absolute Gasteiger partial charge is 0.497 e. The van der Waals surface area contributed by atoms with Crippen LogP contribution in [0.2, 0.25) is 0 Å². The van der Waals surface area contributed by atoms with Crippen LogP contribution in [0.5, 0.6) is 5.75 Å². The number of methoxy groups -OCH3 is 1. The normalized spacial score (nSPS) is 13.5. The molecule has 1 aliphatic rings. The average molecular weight is 523 g/mol. The second-order valence-corrected chi connectivity index (χ2v) is 9.18. The summed E-state index contributed by atoms with van der Waals surface area (Å²) in [5.74, 6) is 0.465. The van der Waals surface area contributed by atoms with Crippen LogP contribution in [0.25, 0.3) is 22.3 Å². The van der Waals surface area contributed by atoms with E-state index in [0.717, 1.165) is 11.3 Å². The summed E-state index contributed by atoms with van der Waals surface area (Å²) in [5.41, 5.74) is 2.80. The first kappa shape index (κ1) is 24.3. The molecule has 1 aliphatic heterocycles. The summed E-state index contributed by atoms with van der Waals surface area (Å²) in [6, 6.07) is 26.2. The van der Waals surface area contributed by atoms with Crippen LogP contribution in [0.3, 0.4) is 0 Å². The zero-order chi connectivity index (χ0) is 26.8. The van der Waals surface area contributed by atoms with Gasteiger partial charge in [0, 0.05) is 48.9 Å². The molecule has 5 aromatic rings. The van der Waals surface area contributed by atoms with Crippen LogP contribution < -0.4 is 15.0 Å². The molecule has 0 aliphatic carbocycles. The van der Waals surface area contributed by atoms with Crippen LogP contribution in [-0.4, -0.2) is 55.2 Å². The number of carbonyl (C=O) groups is 2. The molecule has 0 unspecified atom stereocenters. The lowest BCUT2D eigenvalue weighted by Gasteiger charge is -2.35. The summed E-state index contributed by atoms with van der Waals surface area (Å²) in [7, 11) is 1.59. The zero-order valence-electron chi connectivity index (χ0n) is 21.3. The lowest BCUT2D eigenvalue weighted by molar-refractivity contribution is 0.0718. The molecule has 0 spiro atoms. The van der Waals surface area contributed by atoms with E-state index in [9.17, 15) is 9.59 Å². The molecule has 9 heteroatoms. The standard InChI is InChI=1S/C30H26N4O5/c1-37-22-13-11-20(12-14-22)26-19-24(32-39-26)29(35)31-27-23-9-5-6-10-25(23)38-28(27)30(36)34-17-15-33(16-18-34)21-7-3-2-4-8-21/h2-14,19H,15-18H2,1H3,(H,31,35). The van der Waals surface area contributed by atoms with Crippen molar-refractivity contribution in [1.29, 1.82) is 0 Å². The molecule has 2 amide bonds. The smallest absolute Gasteiger partial charge is 0.291 e. The predicted molar refractivity (Wildman–Crippen MR) is 147 cm³/mol. The van der Waals surface area contributed by atoms with Crippen molar-refractivity contribution < 1.29 is 23.3 Å². The number of aromatic nitrogens is 1. The van der Waals surface area contributed by atoms with Crippen molar-refractivity contribution in [2.45, 2.75) is 0 Å². The lowest BCUT2D eigenvalue weighted by atomic mass is 10.1. The molecule has 0 atom stereocenters. The van der Waals surface area contributed by atoms with Crippen LogP contribution >= 0.6 is 0 Å². The van der Waals surface area contributed by atoms with E-state index in [0.29, 0.717) is 54.3 Å². The Bertz CT molecular complexity index is 1620. The number of rotatable bonds is 6. The zero-order valence-corrected chi connectivity index (χ0v) is 21.3. The molecular formula is C30H26N4O5. The van der Waals surface area contributed by atoms with E-state index in [2.05, 4.69) is 27.5 Å². The first-order valence-corrected chi connectivity index (χ1v) is 12.6. The number of nitrogens with zero attached hydrogens (tertiary/aromatic N) is 3. The van der Waals surface area contributed by atoms with Crippen molar-refractivity contribution in [2.75, 3.05) is 43.5 Å². The minimum Gasteiger partial charge on any atom is -0.497 e. The van der Waals surface area contributed by atoms with Gasteiger partial charge < -0.3 is 28.8 Å². The van der Waals surface area contributed by atoms with Gasteiger partial charge in [0.15, 0.2) is 11.5 Å². The molecule has 196 valence electrons. The number of furan rings is 1. The molecule has 2 aromatic heterocycles. The molecule has 0 radical (unpaired) electrons. The molecule has 1 fully saturated rings. The summed E-state index contributed by atoms with van der Waals surface area (Å²) in [4.78, 5) is 30.8. The van der Waals surface area contributed by atoms with Gasteiger partial charge in [-0.2, -0.15) is 0 Å². The van der Waals surface area contributed by atoms with E-state index in [1.165, 1.54) is 0 Å². The van der Waals surface area contributed by atoms with Gasteiger partial charge in [-0.15, -0.1) is 0 Å². The summed E-state index contributed by atoms with van der Waals surface area (Å²) >= 11 is 0. The maximum absolute atomic E-state index is 13.6. The number of benzene rings is 3. The SMILES string of the molecule is COc1ccc(-c2cc(C(=O)Nc3c(C(=O)N4CCN(c5ccccc5)CC4)oc4ccccc34)no2)cc1. The minimum absolute atomic E-state index is 0.0842. The molecule has 6 rings (SSSR count). The molecule has 39 heavy (non-hydrogen) atoms. The number of fused-ring (bicyclic) bond motifs is 1. The van der Waals surface area contributed by atoms with Gasteiger partial charge in [0.25, 0.3) is 11.8 Å². The van der Waals surface area contributed by atoms with Gasteiger partial charge in [-0.05, 0) is 48.5 Å². The van der Waals surface area contributed by atoms with Crippen molar-refractivity contribution in [2.24, 2.45) is 0 Å². The molecule has 1 N–H and O–H groups in total. The van der Waals surface area contributed by atoms with Crippen molar-refractivity contribution in [3.63, 3.8) is 0 Å².